The number of amides is 2. The second kappa shape index (κ2) is 17.6. The van der Waals surface area contributed by atoms with Gasteiger partial charge in [0.15, 0.2) is 0 Å². The van der Waals surface area contributed by atoms with Crippen molar-refractivity contribution in [1.82, 2.24) is 10.5 Å². The topological polar surface area (TPSA) is 131 Å². The first-order chi connectivity index (χ1) is 17.6. The molecule has 0 atom stereocenters. The quantitative estimate of drug-likeness (QED) is 0.101. The third-order valence-electron chi connectivity index (χ3n) is 4.67. The number of nitrogens with zero attached hydrogens (tertiary/aromatic N) is 2. The maximum Gasteiger partial charge on any atom is 0.332 e. The standard InChI is InChI=1S/C25H35N3O7S2/c1-19(26-27-22(31)18-25(2,3)37-36-17-7-15-30)20-10-12-21(13-11-20)34-16-6-9-24(33)35-28(4)23(32)8-5-14-29/h10-15H,5-9,16-18H2,1-4H3,(H,27,31)/b26-19+. The molecule has 10 nitrogen and oxygen atoms in total. The van der Waals surface area contributed by atoms with E-state index < -0.39 is 11.9 Å². The first kappa shape index (κ1) is 32.2. The number of carbonyl (C=O) groups excluding carboxylic acids is 5. The molecule has 1 N–H and O–H groups in total. The fraction of sp³-hybridized carbons (Fsp3) is 0.520. The van der Waals surface area contributed by atoms with E-state index in [1.165, 1.54) is 7.05 Å². The third-order valence-corrected chi connectivity index (χ3v) is 7.99. The highest BCUT2D eigenvalue weighted by Gasteiger charge is 2.23. The predicted octanol–water partition coefficient (Wildman–Crippen LogP) is 3.72. The van der Waals surface area contributed by atoms with Gasteiger partial charge in [0.25, 0.3) is 5.91 Å². The van der Waals surface area contributed by atoms with Gasteiger partial charge in [-0.25, -0.2) is 10.2 Å². The highest BCUT2D eigenvalue weighted by Crippen LogP contribution is 2.38. The van der Waals surface area contributed by atoms with E-state index in [2.05, 4.69) is 10.5 Å². The summed E-state index contributed by atoms with van der Waals surface area (Å²) in [5.74, 6) is 0.129. The lowest BCUT2D eigenvalue weighted by molar-refractivity contribution is -0.192. The second-order valence-electron chi connectivity index (χ2n) is 8.57. The molecular formula is C25H35N3O7S2. The van der Waals surface area contributed by atoms with Gasteiger partial charge in [0.2, 0.25) is 5.91 Å². The molecule has 0 fully saturated rings. The van der Waals surface area contributed by atoms with Crippen LogP contribution in [0.25, 0.3) is 0 Å². The van der Waals surface area contributed by atoms with Crippen molar-refractivity contribution in [1.29, 1.82) is 0 Å². The first-order valence-electron chi connectivity index (χ1n) is 11.8. The number of hydrogen-bond acceptors (Lipinski definition) is 10. The van der Waals surface area contributed by atoms with E-state index in [0.29, 0.717) is 36.3 Å². The molecule has 2 amide bonds. The molecule has 0 spiro atoms. The smallest absolute Gasteiger partial charge is 0.332 e. The predicted molar refractivity (Wildman–Crippen MR) is 145 cm³/mol. The molecule has 0 saturated heterocycles. The minimum absolute atomic E-state index is 0.0101. The summed E-state index contributed by atoms with van der Waals surface area (Å²) >= 11 is 0. The lowest BCUT2D eigenvalue weighted by Crippen LogP contribution is -2.29. The number of ether oxygens (including phenoxy) is 1. The summed E-state index contributed by atoms with van der Waals surface area (Å²) in [5, 5.41) is 5.02. The van der Waals surface area contributed by atoms with E-state index in [1.54, 1.807) is 40.6 Å². The van der Waals surface area contributed by atoms with Crippen molar-refractivity contribution >= 4 is 57.7 Å². The lowest BCUT2D eigenvalue weighted by atomic mass is 10.1. The molecule has 0 radical (unpaired) electrons. The molecule has 0 aliphatic rings. The molecule has 0 aliphatic heterocycles. The van der Waals surface area contributed by atoms with Crippen LogP contribution in [0.5, 0.6) is 5.75 Å². The fourth-order valence-corrected chi connectivity index (χ4v) is 5.21. The molecule has 1 rings (SSSR count). The molecule has 12 heteroatoms. The molecule has 204 valence electrons. The number of aldehydes is 2. The van der Waals surface area contributed by atoms with E-state index in [4.69, 9.17) is 9.57 Å². The first-order valence-corrected chi connectivity index (χ1v) is 14.1. The fourth-order valence-electron chi connectivity index (χ4n) is 2.75. The van der Waals surface area contributed by atoms with Crippen LogP contribution in [0.2, 0.25) is 0 Å². The Hall–Kier alpha value is -2.86. The van der Waals surface area contributed by atoms with Crippen molar-refractivity contribution in [2.24, 2.45) is 5.10 Å². The maximum atomic E-state index is 12.3. The van der Waals surface area contributed by atoms with Crippen molar-refractivity contribution in [3.8, 4) is 5.75 Å². The van der Waals surface area contributed by atoms with Crippen molar-refractivity contribution in [2.75, 3.05) is 19.4 Å². The molecule has 0 aromatic heterocycles. The highest BCUT2D eigenvalue weighted by molar-refractivity contribution is 8.77. The van der Waals surface area contributed by atoms with Crippen LogP contribution in [0, 0.1) is 0 Å². The molecule has 0 heterocycles. The van der Waals surface area contributed by atoms with E-state index in [-0.39, 0.29) is 42.9 Å². The van der Waals surface area contributed by atoms with Crippen LogP contribution in [-0.4, -0.2) is 65.3 Å². The van der Waals surface area contributed by atoms with Crippen LogP contribution in [0.4, 0.5) is 0 Å². The van der Waals surface area contributed by atoms with E-state index in [1.807, 2.05) is 26.0 Å². The highest BCUT2D eigenvalue weighted by atomic mass is 33.1. The Morgan fingerprint density at radius 1 is 1.08 bits per heavy atom. The Labute approximate surface area is 225 Å². The maximum absolute atomic E-state index is 12.3. The minimum Gasteiger partial charge on any atom is -0.494 e. The summed E-state index contributed by atoms with van der Waals surface area (Å²) in [6, 6.07) is 7.17. The number of nitrogens with one attached hydrogen (secondary N) is 1. The Bertz CT molecular complexity index is 937. The molecule has 1 aromatic carbocycles. The number of rotatable bonds is 17. The van der Waals surface area contributed by atoms with Gasteiger partial charge in [0.1, 0.15) is 18.3 Å². The van der Waals surface area contributed by atoms with Gasteiger partial charge in [0.05, 0.1) is 18.7 Å². The zero-order chi connectivity index (χ0) is 27.7. The van der Waals surface area contributed by atoms with Crippen LogP contribution < -0.4 is 10.2 Å². The number of hydrogen-bond donors (Lipinski definition) is 1. The molecule has 0 unspecified atom stereocenters. The van der Waals surface area contributed by atoms with Gasteiger partial charge in [0, 0.05) is 43.2 Å². The zero-order valence-electron chi connectivity index (χ0n) is 21.7. The van der Waals surface area contributed by atoms with E-state index in [0.717, 1.165) is 16.9 Å². The number of benzene rings is 1. The monoisotopic (exact) mass is 553 g/mol. The molecular weight excluding hydrogens is 518 g/mol. The number of hydroxylamine groups is 2. The number of hydrazone groups is 1. The number of carbonyl (C=O) groups is 5. The van der Waals surface area contributed by atoms with Crippen molar-refractivity contribution < 1.29 is 33.5 Å². The average molecular weight is 554 g/mol. The van der Waals surface area contributed by atoms with Gasteiger partial charge < -0.3 is 19.2 Å². The summed E-state index contributed by atoms with van der Waals surface area (Å²) in [6.07, 6.45) is 2.83. The summed E-state index contributed by atoms with van der Waals surface area (Å²) in [6.45, 7) is 6.01. The molecule has 37 heavy (non-hydrogen) atoms. The van der Waals surface area contributed by atoms with Gasteiger partial charge in [-0.05, 0) is 57.0 Å². The van der Waals surface area contributed by atoms with Crippen LogP contribution in [0.1, 0.15) is 64.9 Å². The Balaban J connectivity index is 2.39. The molecule has 0 saturated carbocycles. The third kappa shape index (κ3) is 14.5. The van der Waals surface area contributed by atoms with Gasteiger partial charge in [-0.2, -0.15) is 10.2 Å². The van der Waals surface area contributed by atoms with Gasteiger partial charge in [-0.1, -0.05) is 21.6 Å². The van der Waals surface area contributed by atoms with Crippen LogP contribution in [0.15, 0.2) is 29.4 Å². The molecule has 1 aromatic rings. The summed E-state index contributed by atoms with van der Waals surface area (Å²) in [5.41, 5.74) is 4.05. The lowest BCUT2D eigenvalue weighted by Gasteiger charge is -2.21. The molecule has 0 aliphatic carbocycles. The Morgan fingerprint density at radius 3 is 2.41 bits per heavy atom. The SMILES string of the molecule is C/C(=N\NC(=O)CC(C)(C)SSCCC=O)c1ccc(OCCCC(=O)ON(C)C(=O)CCC=O)cc1. The summed E-state index contributed by atoms with van der Waals surface area (Å²) < 4.78 is 5.35. The zero-order valence-corrected chi connectivity index (χ0v) is 23.3. The molecule has 0 bridgehead atoms. The van der Waals surface area contributed by atoms with Crippen LogP contribution in [-0.2, 0) is 28.8 Å². The van der Waals surface area contributed by atoms with E-state index >= 15 is 0 Å². The van der Waals surface area contributed by atoms with Crippen molar-refractivity contribution in [3.63, 3.8) is 0 Å². The summed E-state index contributed by atoms with van der Waals surface area (Å²) in [4.78, 5) is 61.4. The van der Waals surface area contributed by atoms with E-state index in [9.17, 15) is 24.0 Å². The van der Waals surface area contributed by atoms with Crippen LogP contribution in [0.3, 0.4) is 0 Å². The average Bonchev–Trinajstić information content (AvgIpc) is 2.86. The largest absolute Gasteiger partial charge is 0.494 e. The second-order valence-corrected chi connectivity index (χ2v) is 11.7. The van der Waals surface area contributed by atoms with Crippen LogP contribution >= 0.6 is 21.6 Å². The Morgan fingerprint density at radius 2 is 1.76 bits per heavy atom. The van der Waals surface area contributed by atoms with Gasteiger partial charge in [-0.3, -0.25) is 9.59 Å². The van der Waals surface area contributed by atoms with Gasteiger partial charge >= 0.3 is 5.97 Å². The summed E-state index contributed by atoms with van der Waals surface area (Å²) in [7, 11) is 4.48. The Kier molecular flexibility index (Phi) is 15.3. The van der Waals surface area contributed by atoms with Crippen molar-refractivity contribution in [2.45, 2.75) is 64.0 Å². The van der Waals surface area contributed by atoms with Crippen molar-refractivity contribution in [3.05, 3.63) is 29.8 Å². The minimum atomic E-state index is -0.562. The normalized spacial score (nSPS) is 11.4. The van der Waals surface area contributed by atoms with Gasteiger partial charge in [-0.15, -0.1) is 0 Å².